The lowest BCUT2D eigenvalue weighted by Gasteiger charge is -2.32. The lowest BCUT2D eigenvalue weighted by atomic mass is 9.98. The van der Waals surface area contributed by atoms with Crippen molar-refractivity contribution >= 4 is 11.8 Å². The van der Waals surface area contributed by atoms with Crippen LogP contribution in [0, 0.1) is 12.8 Å². The van der Waals surface area contributed by atoms with Gasteiger partial charge < -0.3 is 4.90 Å². The third kappa shape index (κ3) is 3.60. The number of nitrogens with one attached hydrogen (secondary N) is 1. The summed E-state index contributed by atoms with van der Waals surface area (Å²) in [5.41, 5.74) is 0.889. The first-order chi connectivity index (χ1) is 10.7. The fourth-order valence-corrected chi connectivity index (χ4v) is 2.79. The molecule has 22 heavy (non-hydrogen) atoms. The van der Waals surface area contributed by atoms with Crippen LogP contribution in [0.15, 0.2) is 30.6 Å². The van der Waals surface area contributed by atoms with E-state index in [4.69, 9.17) is 0 Å². The molecule has 1 atom stereocenters. The van der Waals surface area contributed by atoms with E-state index in [0.717, 1.165) is 38.2 Å². The van der Waals surface area contributed by atoms with Gasteiger partial charge in [-0.05, 0) is 37.8 Å². The smallest absolute Gasteiger partial charge is 0.323 e. The molecule has 0 aliphatic carbocycles. The van der Waals surface area contributed by atoms with Crippen molar-refractivity contribution in [2.24, 2.45) is 5.92 Å². The van der Waals surface area contributed by atoms with E-state index < -0.39 is 0 Å². The SMILES string of the molecule is Cc1cccc(NC(=O)N2CCCC(Cn3ccnn3)C2)n1. The van der Waals surface area contributed by atoms with Crippen LogP contribution in [0.3, 0.4) is 0 Å². The van der Waals surface area contributed by atoms with Gasteiger partial charge in [0, 0.05) is 31.5 Å². The number of pyridine rings is 1. The summed E-state index contributed by atoms with van der Waals surface area (Å²) >= 11 is 0. The molecule has 0 aromatic carbocycles. The first-order valence-electron chi connectivity index (χ1n) is 7.54. The highest BCUT2D eigenvalue weighted by Crippen LogP contribution is 2.19. The van der Waals surface area contributed by atoms with Crippen molar-refractivity contribution < 1.29 is 4.79 Å². The van der Waals surface area contributed by atoms with Crippen molar-refractivity contribution in [3.05, 3.63) is 36.3 Å². The van der Waals surface area contributed by atoms with Crippen molar-refractivity contribution in [3.8, 4) is 0 Å². The Labute approximate surface area is 129 Å². The molecule has 0 radical (unpaired) electrons. The predicted molar refractivity (Wildman–Crippen MR) is 82.3 cm³/mol. The summed E-state index contributed by atoms with van der Waals surface area (Å²) in [6.07, 6.45) is 5.65. The first kappa shape index (κ1) is 14.5. The zero-order valence-electron chi connectivity index (χ0n) is 12.6. The van der Waals surface area contributed by atoms with Gasteiger partial charge in [0.25, 0.3) is 0 Å². The van der Waals surface area contributed by atoms with E-state index in [2.05, 4.69) is 20.6 Å². The van der Waals surface area contributed by atoms with Crippen LogP contribution in [0.4, 0.5) is 10.6 Å². The molecule has 1 fully saturated rings. The second-order valence-electron chi connectivity index (χ2n) is 5.67. The first-order valence-corrected chi connectivity index (χ1v) is 7.54. The maximum absolute atomic E-state index is 12.4. The fraction of sp³-hybridized carbons (Fsp3) is 0.467. The van der Waals surface area contributed by atoms with Gasteiger partial charge in [0.2, 0.25) is 0 Å². The number of carbonyl (C=O) groups is 1. The molecule has 3 heterocycles. The number of amides is 2. The highest BCUT2D eigenvalue weighted by Gasteiger charge is 2.24. The lowest BCUT2D eigenvalue weighted by molar-refractivity contribution is 0.168. The van der Waals surface area contributed by atoms with Gasteiger partial charge in [-0.3, -0.25) is 10.00 Å². The molecule has 0 bridgehead atoms. The molecule has 1 aliphatic heterocycles. The molecule has 2 aromatic heterocycles. The molecule has 1 aliphatic rings. The van der Waals surface area contributed by atoms with Gasteiger partial charge in [-0.1, -0.05) is 11.3 Å². The van der Waals surface area contributed by atoms with Gasteiger partial charge in [0.05, 0.1) is 6.20 Å². The Bertz CT molecular complexity index is 627. The highest BCUT2D eigenvalue weighted by atomic mass is 16.2. The Balaban J connectivity index is 1.58. The van der Waals surface area contributed by atoms with Crippen LogP contribution >= 0.6 is 0 Å². The molecule has 1 unspecified atom stereocenters. The van der Waals surface area contributed by atoms with E-state index in [-0.39, 0.29) is 6.03 Å². The minimum Gasteiger partial charge on any atom is -0.324 e. The lowest BCUT2D eigenvalue weighted by Crippen LogP contribution is -2.43. The standard InChI is InChI=1S/C15H20N6O/c1-12-4-2-6-14(17-12)18-15(22)20-8-3-5-13(10-20)11-21-9-7-16-19-21/h2,4,6-7,9,13H,3,5,8,10-11H2,1H3,(H,17,18,22). The molecule has 7 nitrogen and oxygen atoms in total. The molecule has 7 heteroatoms. The van der Waals surface area contributed by atoms with Crippen LogP contribution in [0.5, 0.6) is 0 Å². The van der Waals surface area contributed by atoms with Crippen molar-refractivity contribution in [2.45, 2.75) is 26.3 Å². The topological polar surface area (TPSA) is 75.9 Å². The van der Waals surface area contributed by atoms with Gasteiger partial charge in [-0.25, -0.2) is 9.78 Å². The Hall–Kier alpha value is -2.44. The normalized spacial score (nSPS) is 18.2. The van der Waals surface area contributed by atoms with Crippen LogP contribution < -0.4 is 5.32 Å². The summed E-state index contributed by atoms with van der Waals surface area (Å²) < 4.78 is 1.83. The molecule has 1 N–H and O–H groups in total. The molecule has 2 amide bonds. The van der Waals surface area contributed by atoms with Crippen molar-refractivity contribution in [1.29, 1.82) is 0 Å². The van der Waals surface area contributed by atoms with Crippen molar-refractivity contribution in [1.82, 2.24) is 24.9 Å². The minimum absolute atomic E-state index is 0.0820. The predicted octanol–water partition coefficient (Wildman–Crippen LogP) is 1.93. The Morgan fingerprint density at radius 3 is 3.14 bits per heavy atom. The maximum atomic E-state index is 12.4. The minimum atomic E-state index is -0.0820. The number of piperidine rings is 1. The fourth-order valence-electron chi connectivity index (χ4n) is 2.79. The average Bonchev–Trinajstić information content (AvgIpc) is 3.00. The molecule has 1 saturated heterocycles. The highest BCUT2D eigenvalue weighted by molar-refractivity contribution is 5.88. The number of rotatable bonds is 3. The number of carbonyl (C=O) groups excluding carboxylic acids is 1. The van der Waals surface area contributed by atoms with Gasteiger partial charge >= 0.3 is 6.03 Å². The maximum Gasteiger partial charge on any atom is 0.323 e. The number of likely N-dealkylation sites (tertiary alicyclic amines) is 1. The third-order valence-corrected chi connectivity index (χ3v) is 3.85. The van der Waals surface area contributed by atoms with E-state index in [0.29, 0.717) is 11.7 Å². The number of aromatic nitrogens is 4. The molecular weight excluding hydrogens is 280 g/mol. The summed E-state index contributed by atoms with van der Waals surface area (Å²) in [4.78, 5) is 18.5. The number of nitrogens with zero attached hydrogens (tertiary/aromatic N) is 5. The van der Waals surface area contributed by atoms with Crippen LogP contribution in [-0.2, 0) is 6.54 Å². The molecule has 0 saturated carbocycles. The van der Waals surface area contributed by atoms with Crippen LogP contribution in [-0.4, -0.2) is 44.0 Å². The quantitative estimate of drug-likeness (QED) is 0.939. The Morgan fingerprint density at radius 2 is 2.36 bits per heavy atom. The van der Waals surface area contributed by atoms with E-state index in [1.807, 2.05) is 40.9 Å². The zero-order valence-corrected chi connectivity index (χ0v) is 12.6. The van der Waals surface area contributed by atoms with Gasteiger partial charge in [0.1, 0.15) is 5.82 Å². The Kier molecular flexibility index (Phi) is 4.32. The summed E-state index contributed by atoms with van der Waals surface area (Å²) in [6, 6.07) is 5.52. The summed E-state index contributed by atoms with van der Waals surface area (Å²) in [6.45, 7) is 4.22. The van der Waals surface area contributed by atoms with Crippen LogP contribution in [0.25, 0.3) is 0 Å². The van der Waals surface area contributed by atoms with Gasteiger partial charge in [-0.15, -0.1) is 5.10 Å². The van der Waals surface area contributed by atoms with E-state index >= 15 is 0 Å². The van der Waals surface area contributed by atoms with E-state index in [9.17, 15) is 4.79 Å². The second-order valence-corrected chi connectivity index (χ2v) is 5.67. The average molecular weight is 300 g/mol. The summed E-state index contributed by atoms with van der Waals surface area (Å²) in [7, 11) is 0. The number of hydrogen-bond acceptors (Lipinski definition) is 4. The molecule has 2 aromatic rings. The monoisotopic (exact) mass is 300 g/mol. The van der Waals surface area contributed by atoms with E-state index in [1.165, 1.54) is 0 Å². The molecule has 3 rings (SSSR count). The number of aryl methyl sites for hydroxylation is 1. The van der Waals surface area contributed by atoms with Crippen molar-refractivity contribution in [2.75, 3.05) is 18.4 Å². The van der Waals surface area contributed by atoms with Crippen molar-refractivity contribution in [3.63, 3.8) is 0 Å². The molecular formula is C15H20N6O. The Morgan fingerprint density at radius 1 is 1.45 bits per heavy atom. The molecule has 0 spiro atoms. The molecule has 116 valence electrons. The van der Waals surface area contributed by atoms with Crippen LogP contribution in [0.2, 0.25) is 0 Å². The van der Waals surface area contributed by atoms with Crippen LogP contribution in [0.1, 0.15) is 18.5 Å². The number of anilines is 1. The zero-order chi connectivity index (χ0) is 15.4. The number of hydrogen-bond donors (Lipinski definition) is 1. The van der Waals surface area contributed by atoms with Gasteiger partial charge in [0.15, 0.2) is 0 Å². The summed E-state index contributed by atoms with van der Waals surface area (Å²) in [5, 5.41) is 10.7. The third-order valence-electron chi connectivity index (χ3n) is 3.85. The van der Waals surface area contributed by atoms with E-state index in [1.54, 1.807) is 6.20 Å². The number of urea groups is 1. The summed E-state index contributed by atoms with van der Waals surface area (Å²) in [5.74, 6) is 1.01. The second kappa shape index (κ2) is 6.55. The van der Waals surface area contributed by atoms with Gasteiger partial charge in [-0.2, -0.15) is 0 Å². The largest absolute Gasteiger partial charge is 0.324 e.